The number of quaternary nitrogens is 1. The van der Waals surface area contributed by atoms with Crippen molar-refractivity contribution in [2.24, 2.45) is 0 Å². The first-order chi connectivity index (χ1) is 24.0. The van der Waals surface area contributed by atoms with E-state index in [9.17, 15) is 19.4 Å². The second kappa shape index (κ2) is 33.5. The number of nitrogens with one attached hydrogen (secondary N) is 1. The molecule has 0 heterocycles. The Morgan fingerprint density at radius 3 is 1.62 bits per heavy atom. The average molecular weight is 727 g/mol. The fourth-order valence-electron chi connectivity index (χ4n) is 5.54. The number of hydrogen-bond donors (Lipinski definition) is 2. The predicted octanol–water partition coefficient (Wildman–Crippen LogP) is 10.1. The lowest BCUT2D eigenvalue weighted by Crippen LogP contribution is -2.45. The summed E-state index contributed by atoms with van der Waals surface area (Å²) < 4.78 is 23.1. The zero-order valence-corrected chi connectivity index (χ0v) is 34.0. The monoisotopic (exact) mass is 727 g/mol. The van der Waals surface area contributed by atoms with Gasteiger partial charge in [-0.05, 0) is 44.9 Å². The summed E-state index contributed by atoms with van der Waals surface area (Å²) in [4.78, 5) is 25.1. The molecule has 0 aliphatic rings. The molecule has 0 rings (SSSR count). The Morgan fingerprint density at radius 2 is 1.12 bits per heavy atom. The van der Waals surface area contributed by atoms with E-state index >= 15 is 0 Å². The highest BCUT2D eigenvalue weighted by Gasteiger charge is 2.23. The third-order valence-electron chi connectivity index (χ3n) is 8.83. The summed E-state index contributed by atoms with van der Waals surface area (Å²) in [5.41, 5.74) is 0. The van der Waals surface area contributed by atoms with Gasteiger partial charge in [0.25, 0.3) is 7.82 Å². The summed E-state index contributed by atoms with van der Waals surface area (Å²) in [6.45, 7) is 4.57. The number of phosphoric acid groups is 1. The molecule has 0 radical (unpaired) electrons. The molecule has 9 heteroatoms. The van der Waals surface area contributed by atoms with Crippen LogP contribution >= 0.6 is 7.82 Å². The molecule has 0 aromatic rings. The van der Waals surface area contributed by atoms with Gasteiger partial charge in [0.1, 0.15) is 13.2 Å². The minimum Gasteiger partial charge on any atom is -0.756 e. The van der Waals surface area contributed by atoms with Crippen molar-refractivity contribution in [2.75, 3.05) is 40.9 Å². The van der Waals surface area contributed by atoms with Crippen LogP contribution in [0, 0.1) is 0 Å². The van der Waals surface area contributed by atoms with Crippen molar-refractivity contribution in [3.63, 3.8) is 0 Å². The van der Waals surface area contributed by atoms with E-state index < -0.39 is 26.6 Å². The molecule has 1 amide bonds. The summed E-state index contributed by atoms with van der Waals surface area (Å²) in [5, 5.41) is 13.7. The fourth-order valence-corrected chi connectivity index (χ4v) is 6.26. The van der Waals surface area contributed by atoms with Crippen LogP contribution in [0.25, 0.3) is 0 Å². The lowest BCUT2D eigenvalue weighted by atomic mass is 10.1. The zero-order chi connectivity index (χ0) is 37.2. The van der Waals surface area contributed by atoms with Gasteiger partial charge >= 0.3 is 0 Å². The number of aliphatic hydroxyl groups is 1. The van der Waals surface area contributed by atoms with E-state index in [1.807, 2.05) is 27.2 Å². The van der Waals surface area contributed by atoms with E-state index in [0.717, 1.165) is 44.9 Å². The molecule has 0 aliphatic heterocycles. The first kappa shape index (κ1) is 48.7. The van der Waals surface area contributed by atoms with E-state index in [4.69, 9.17) is 9.05 Å². The summed E-state index contributed by atoms with van der Waals surface area (Å²) in [7, 11) is 1.23. The van der Waals surface area contributed by atoms with Crippen molar-refractivity contribution in [2.45, 2.75) is 180 Å². The average Bonchev–Trinajstić information content (AvgIpc) is 3.06. The predicted molar refractivity (Wildman–Crippen MR) is 210 cm³/mol. The number of unbranched alkanes of at least 4 members (excludes halogenated alkanes) is 19. The van der Waals surface area contributed by atoms with Crippen molar-refractivity contribution in [3.8, 4) is 0 Å². The number of phosphoric ester groups is 1. The van der Waals surface area contributed by atoms with Gasteiger partial charge in [-0.2, -0.15) is 0 Å². The van der Waals surface area contributed by atoms with Crippen LogP contribution in [0.2, 0.25) is 0 Å². The van der Waals surface area contributed by atoms with E-state index in [2.05, 4.69) is 43.5 Å². The van der Waals surface area contributed by atoms with Crippen LogP contribution in [-0.4, -0.2) is 68.5 Å². The van der Waals surface area contributed by atoms with Crippen molar-refractivity contribution in [1.29, 1.82) is 0 Å². The molecule has 3 unspecified atom stereocenters. The maximum absolute atomic E-state index is 12.7. The molecule has 0 bridgehead atoms. The van der Waals surface area contributed by atoms with Crippen molar-refractivity contribution >= 4 is 13.7 Å². The Kier molecular flexibility index (Phi) is 32.7. The van der Waals surface area contributed by atoms with Crippen LogP contribution in [0.4, 0.5) is 0 Å². The van der Waals surface area contributed by atoms with Crippen molar-refractivity contribution in [3.05, 3.63) is 36.5 Å². The highest BCUT2D eigenvalue weighted by molar-refractivity contribution is 7.45. The number of hydrogen-bond acceptors (Lipinski definition) is 6. The highest BCUT2D eigenvalue weighted by atomic mass is 31.2. The summed E-state index contributed by atoms with van der Waals surface area (Å²) in [6.07, 6.45) is 39.1. The number of likely N-dealkylation sites (N-methyl/N-ethyl adjacent to an activating group) is 1. The highest BCUT2D eigenvalue weighted by Crippen LogP contribution is 2.38. The molecule has 50 heavy (non-hydrogen) atoms. The summed E-state index contributed by atoms with van der Waals surface area (Å²) >= 11 is 0. The molecule has 8 nitrogen and oxygen atoms in total. The largest absolute Gasteiger partial charge is 0.756 e. The normalized spacial score (nSPS) is 14.9. The van der Waals surface area contributed by atoms with Gasteiger partial charge in [0, 0.05) is 6.42 Å². The smallest absolute Gasteiger partial charge is 0.268 e. The molecule has 0 aromatic heterocycles. The van der Waals surface area contributed by atoms with Crippen molar-refractivity contribution < 1.29 is 32.9 Å². The Bertz CT molecular complexity index is 917. The molecule has 0 aliphatic carbocycles. The van der Waals surface area contributed by atoms with Crippen LogP contribution in [0.5, 0.6) is 0 Å². The number of allylic oxidation sites excluding steroid dienone is 5. The van der Waals surface area contributed by atoms with E-state index in [-0.39, 0.29) is 12.5 Å². The van der Waals surface area contributed by atoms with Crippen LogP contribution in [0.3, 0.4) is 0 Å². The van der Waals surface area contributed by atoms with Gasteiger partial charge in [-0.1, -0.05) is 153 Å². The molecule has 0 aromatic carbocycles. The second-order valence-corrected chi connectivity index (χ2v) is 16.4. The number of aliphatic hydroxyl groups excluding tert-OH is 1. The number of rotatable bonds is 36. The molecule has 2 N–H and O–H groups in total. The quantitative estimate of drug-likeness (QED) is 0.0288. The van der Waals surface area contributed by atoms with Gasteiger partial charge in [-0.3, -0.25) is 9.36 Å². The van der Waals surface area contributed by atoms with E-state index in [0.29, 0.717) is 17.4 Å². The van der Waals surface area contributed by atoms with Gasteiger partial charge in [0.2, 0.25) is 5.91 Å². The molecule has 0 saturated heterocycles. The first-order valence-corrected chi connectivity index (χ1v) is 21.8. The first-order valence-electron chi connectivity index (χ1n) is 20.4. The maximum Gasteiger partial charge on any atom is 0.268 e. The van der Waals surface area contributed by atoms with Crippen LogP contribution in [0.1, 0.15) is 168 Å². The van der Waals surface area contributed by atoms with Crippen molar-refractivity contribution in [1.82, 2.24) is 5.32 Å². The van der Waals surface area contributed by atoms with Gasteiger partial charge in [0.05, 0.1) is 39.9 Å². The molecule has 0 fully saturated rings. The molecule has 0 saturated carbocycles. The maximum atomic E-state index is 12.7. The SMILES string of the molecule is CCCCCCCCCCC/C=C/CC/C=C/CC/C=C/C(O)C(COP(=O)([O-])OCC[N+](C)(C)C)NC(=O)CCCCCCCCCCC. The lowest BCUT2D eigenvalue weighted by molar-refractivity contribution is -0.870. The Labute approximate surface area is 308 Å². The van der Waals surface area contributed by atoms with E-state index in [1.165, 1.54) is 103 Å². The van der Waals surface area contributed by atoms with Crippen LogP contribution < -0.4 is 10.2 Å². The number of carbonyl (C=O) groups is 1. The summed E-state index contributed by atoms with van der Waals surface area (Å²) in [6, 6.07) is -0.903. The zero-order valence-electron chi connectivity index (χ0n) is 33.1. The number of nitrogens with zero attached hydrogens (tertiary/aromatic N) is 1. The van der Waals surface area contributed by atoms with Gasteiger partial charge in [0.15, 0.2) is 0 Å². The molecule has 3 atom stereocenters. The standard InChI is InChI=1S/C41H79N2O6P/c1-6-8-10-12-14-16-17-18-19-20-21-22-23-24-25-27-28-30-32-34-40(44)39(38-49-50(46,47)48-37-36-43(3,4)5)42-41(45)35-33-31-29-26-15-13-11-9-7-2/h21-22,25,27,32,34,39-40,44H,6-20,23-24,26,28-31,33,35-38H2,1-5H3,(H-,42,45,46,47)/b22-21+,27-25+,34-32+. The molecule has 0 spiro atoms. The van der Waals surface area contributed by atoms with Gasteiger partial charge in [-0.15, -0.1) is 0 Å². The Hall–Kier alpha value is -1.28. The lowest BCUT2D eigenvalue weighted by Gasteiger charge is -2.29. The van der Waals surface area contributed by atoms with E-state index in [1.54, 1.807) is 6.08 Å². The number of carbonyl (C=O) groups excluding carboxylic acids is 1. The fraction of sp³-hybridized carbons (Fsp3) is 0.829. The third kappa shape index (κ3) is 35.1. The molecule has 294 valence electrons. The Morgan fingerprint density at radius 1 is 0.680 bits per heavy atom. The van der Waals surface area contributed by atoms with Crippen LogP contribution in [-0.2, 0) is 18.4 Å². The topological polar surface area (TPSA) is 108 Å². The second-order valence-electron chi connectivity index (χ2n) is 15.0. The Balaban J connectivity index is 4.52. The van der Waals surface area contributed by atoms with Gasteiger partial charge in [-0.25, -0.2) is 0 Å². The third-order valence-corrected chi connectivity index (χ3v) is 9.79. The minimum atomic E-state index is -4.59. The number of amides is 1. The summed E-state index contributed by atoms with van der Waals surface area (Å²) in [5.74, 6) is -0.217. The van der Waals surface area contributed by atoms with Gasteiger partial charge < -0.3 is 28.8 Å². The minimum absolute atomic E-state index is 0.00841. The molecular weight excluding hydrogens is 647 g/mol. The van der Waals surface area contributed by atoms with Crippen LogP contribution in [0.15, 0.2) is 36.5 Å². The molecular formula is C41H79N2O6P.